The van der Waals surface area contributed by atoms with E-state index in [0.29, 0.717) is 13.1 Å². The molecule has 0 spiro atoms. The summed E-state index contributed by atoms with van der Waals surface area (Å²) in [6.07, 6.45) is 4.16. The maximum atomic E-state index is 12.6. The Morgan fingerprint density at radius 1 is 1.21 bits per heavy atom. The van der Waals surface area contributed by atoms with E-state index in [1.165, 1.54) is 51.8 Å². The van der Waals surface area contributed by atoms with Crippen molar-refractivity contribution in [3.63, 3.8) is 0 Å². The van der Waals surface area contributed by atoms with Crippen LogP contribution in [0.5, 0.6) is 0 Å². The molecule has 0 fully saturated rings. The molecule has 0 saturated carbocycles. The summed E-state index contributed by atoms with van der Waals surface area (Å²) < 4.78 is 58.3. The maximum Gasteiger partial charge on any atom is 0.340 e. The van der Waals surface area contributed by atoms with Gasteiger partial charge in [-0.2, -0.15) is 4.31 Å². The summed E-state index contributed by atoms with van der Waals surface area (Å²) in [6, 6.07) is 5.81. The third-order valence-corrected chi connectivity index (χ3v) is 8.06. The Kier molecular flexibility index (Phi) is 7.34. The standard InChI is InChI=1S/C20H24N4O7S2/c1-3-24(4-2)33(29,30)17-7-5-6-16(12-17)21-19(25)14-31-20(26)15-8-9-18-22-32(27,28)11-10-23(18)13-15/h5-9,12-13H,3-4,10-11,14H2,1-2H3,(H,21,25). The van der Waals surface area contributed by atoms with E-state index in [9.17, 15) is 26.4 Å². The Morgan fingerprint density at radius 3 is 2.64 bits per heavy atom. The lowest BCUT2D eigenvalue weighted by Gasteiger charge is -2.26. The van der Waals surface area contributed by atoms with Crippen molar-refractivity contribution in [2.45, 2.75) is 18.7 Å². The molecule has 0 aromatic heterocycles. The Labute approximate surface area is 192 Å². The number of amidine groups is 1. The maximum absolute atomic E-state index is 12.6. The van der Waals surface area contributed by atoms with Crippen LogP contribution in [0.25, 0.3) is 0 Å². The molecular formula is C20H24N4O7S2. The van der Waals surface area contributed by atoms with Gasteiger partial charge in [0.25, 0.3) is 15.9 Å². The number of fused-ring (bicyclic) bond motifs is 1. The first-order valence-electron chi connectivity index (χ1n) is 10.1. The minimum atomic E-state index is -3.69. The van der Waals surface area contributed by atoms with Crippen molar-refractivity contribution in [3.05, 3.63) is 48.2 Å². The summed E-state index contributed by atoms with van der Waals surface area (Å²) in [6.45, 7) is 3.66. The molecule has 0 unspecified atom stereocenters. The molecule has 13 heteroatoms. The molecule has 0 bridgehead atoms. The molecule has 1 aromatic rings. The van der Waals surface area contributed by atoms with Crippen LogP contribution >= 0.6 is 0 Å². The van der Waals surface area contributed by atoms with Crippen LogP contribution in [0.15, 0.2) is 57.5 Å². The normalized spacial score (nSPS) is 17.1. The smallest absolute Gasteiger partial charge is 0.340 e. The summed E-state index contributed by atoms with van der Waals surface area (Å²) in [5, 5.41) is 2.51. The van der Waals surface area contributed by atoms with Crippen LogP contribution in [0.4, 0.5) is 5.69 Å². The third kappa shape index (κ3) is 5.86. The van der Waals surface area contributed by atoms with Gasteiger partial charge in [-0.15, -0.1) is 4.40 Å². The molecule has 1 aromatic carbocycles. The van der Waals surface area contributed by atoms with Gasteiger partial charge in [-0.1, -0.05) is 19.9 Å². The molecule has 11 nitrogen and oxygen atoms in total. The first-order chi connectivity index (χ1) is 15.6. The molecule has 3 rings (SSSR count). The number of anilines is 1. The van der Waals surface area contributed by atoms with Gasteiger partial charge in [-0.05, 0) is 30.4 Å². The van der Waals surface area contributed by atoms with Crippen LogP contribution < -0.4 is 5.32 Å². The molecule has 2 aliphatic rings. The lowest BCUT2D eigenvalue weighted by Crippen LogP contribution is -2.37. The fourth-order valence-corrected chi connectivity index (χ4v) is 5.65. The second kappa shape index (κ2) is 9.85. The average Bonchev–Trinajstić information content (AvgIpc) is 2.77. The highest BCUT2D eigenvalue weighted by atomic mass is 32.2. The lowest BCUT2D eigenvalue weighted by atomic mass is 10.2. The predicted octanol–water partition coefficient (Wildman–Crippen LogP) is 0.696. The Balaban J connectivity index is 1.60. The quantitative estimate of drug-likeness (QED) is 0.518. The van der Waals surface area contributed by atoms with Crippen molar-refractivity contribution < 1.29 is 31.2 Å². The van der Waals surface area contributed by atoms with Crippen molar-refractivity contribution in [1.29, 1.82) is 0 Å². The summed E-state index contributed by atoms with van der Waals surface area (Å²) in [7, 11) is -7.19. The number of nitrogens with one attached hydrogen (secondary N) is 1. The van der Waals surface area contributed by atoms with Crippen LogP contribution in [0.3, 0.4) is 0 Å². The number of benzene rings is 1. The number of nitrogens with zero attached hydrogens (tertiary/aromatic N) is 3. The van der Waals surface area contributed by atoms with Crippen LogP contribution in [0.2, 0.25) is 0 Å². The van der Waals surface area contributed by atoms with E-state index in [-0.39, 0.29) is 34.3 Å². The van der Waals surface area contributed by atoms with Gasteiger partial charge in [0.05, 0.1) is 16.2 Å². The van der Waals surface area contributed by atoms with Crippen molar-refractivity contribution >= 4 is 43.4 Å². The molecule has 1 N–H and O–H groups in total. The van der Waals surface area contributed by atoms with Crippen LogP contribution in [-0.4, -0.2) is 75.7 Å². The molecule has 2 aliphatic heterocycles. The minimum absolute atomic E-state index is 0.0412. The number of ether oxygens (including phenoxy) is 1. The predicted molar refractivity (Wildman–Crippen MR) is 121 cm³/mol. The number of esters is 1. The topological polar surface area (TPSA) is 143 Å². The highest BCUT2D eigenvalue weighted by molar-refractivity contribution is 7.90. The summed E-state index contributed by atoms with van der Waals surface area (Å²) in [5.41, 5.74) is 0.379. The van der Waals surface area contributed by atoms with Gasteiger partial charge in [-0.3, -0.25) is 4.79 Å². The van der Waals surface area contributed by atoms with Crippen LogP contribution in [-0.2, 0) is 34.4 Å². The zero-order valence-electron chi connectivity index (χ0n) is 18.1. The second-order valence-electron chi connectivity index (χ2n) is 7.09. The zero-order chi connectivity index (χ0) is 24.2. The fourth-order valence-electron chi connectivity index (χ4n) is 3.18. The third-order valence-electron chi connectivity index (χ3n) is 4.85. The molecule has 0 aliphatic carbocycles. The molecule has 2 heterocycles. The minimum Gasteiger partial charge on any atom is -0.452 e. The number of carbonyl (C=O) groups excluding carboxylic acids is 2. The van der Waals surface area contributed by atoms with Crippen molar-refractivity contribution in [3.8, 4) is 0 Å². The van der Waals surface area contributed by atoms with Crippen LogP contribution in [0, 0.1) is 0 Å². The van der Waals surface area contributed by atoms with Crippen molar-refractivity contribution in [2.24, 2.45) is 4.40 Å². The Bertz CT molecular complexity index is 1250. The summed E-state index contributed by atoms with van der Waals surface area (Å²) in [4.78, 5) is 26.1. The van der Waals surface area contributed by atoms with E-state index in [1.54, 1.807) is 13.8 Å². The number of carbonyl (C=O) groups is 2. The lowest BCUT2D eigenvalue weighted by molar-refractivity contribution is -0.143. The highest BCUT2D eigenvalue weighted by Gasteiger charge is 2.26. The summed E-state index contributed by atoms with van der Waals surface area (Å²) >= 11 is 0. The molecule has 0 saturated heterocycles. The van der Waals surface area contributed by atoms with E-state index in [2.05, 4.69) is 9.71 Å². The van der Waals surface area contributed by atoms with Crippen molar-refractivity contribution in [1.82, 2.24) is 9.21 Å². The zero-order valence-corrected chi connectivity index (χ0v) is 19.7. The SMILES string of the molecule is CCN(CC)S(=O)(=O)c1cccc(NC(=O)COC(=O)C2=CN3CCS(=O)(=O)N=C3C=C2)c1. The fraction of sp³-hybridized carbons (Fsp3) is 0.350. The van der Waals surface area contributed by atoms with E-state index < -0.39 is 38.5 Å². The molecule has 0 atom stereocenters. The Morgan fingerprint density at radius 2 is 1.94 bits per heavy atom. The number of hydrogen-bond donors (Lipinski definition) is 1. The second-order valence-corrected chi connectivity index (χ2v) is 10.8. The monoisotopic (exact) mass is 496 g/mol. The van der Waals surface area contributed by atoms with E-state index >= 15 is 0 Å². The average molecular weight is 497 g/mol. The van der Waals surface area contributed by atoms with Gasteiger partial charge in [0.15, 0.2) is 6.61 Å². The molecular weight excluding hydrogens is 472 g/mol. The number of sulfonamides is 2. The molecule has 178 valence electrons. The van der Waals surface area contributed by atoms with E-state index in [0.717, 1.165) is 0 Å². The van der Waals surface area contributed by atoms with E-state index in [4.69, 9.17) is 4.74 Å². The number of amides is 1. The molecule has 33 heavy (non-hydrogen) atoms. The highest BCUT2D eigenvalue weighted by Crippen LogP contribution is 2.20. The number of hydrogen-bond acceptors (Lipinski definition) is 8. The Hall–Kier alpha value is -3.03. The van der Waals surface area contributed by atoms with Gasteiger partial charge in [0.2, 0.25) is 10.0 Å². The van der Waals surface area contributed by atoms with Crippen molar-refractivity contribution in [2.75, 3.05) is 37.3 Å². The van der Waals surface area contributed by atoms with Gasteiger partial charge < -0.3 is 15.0 Å². The molecule has 1 amide bonds. The largest absolute Gasteiger partial charge is 0.452 e. The number of rotatable bonds is 8. The van der Waals surface area contributed by atoms with Gasteiger partial charge in [0.1, 0.15) is 5.84 Å². The molecule has 0 radical (unpaired) electrons. The van der Waals surface area contributed by atoms with Gasteiger partial charge in [-0.25, -0.2) is 21.6 Å². The van der Waals surface area contributed by atoms with Gasteiger partial charge >= 0.3 is 5.97 Å². The van der Waals surface area contributed by atoms with E-state index in [1.807, 2.05) is 0 Å². The first kappa shape index (κ1) is 24.6. The van der Waals surface area contributed by atoms with Crippen LogP contribution in [0.1, 0.15) is 13.8 Å². The summed E-state index contributed by atoms with van der Waals surface area (Å²) in [5.74, 6) is -1.39. The first-order valence-corrected chi connectivity index (χ1v) is 13.2. The van der Waals surface area contributed by atoms with Gasteiger partial charge in [0, 0.05) is 31.5 Å².